The largest absolute Gasteiger partial charge is 0.478 e. The maximum atomic E-state index is 11.0. The lowest BCUT2D eigenvalue weighted by Gasteiger charge is -2.11. The van der Waals surface area contributed by atoms with Crippen LogP contribution in [0, 0.1) is 12.8 Å². The van der Waals surface area contributed by atoms with Gasteiger partial charge < -0.3 is 15.7 Å². The van der Waals surface area contributed by atoms with E-state index in [1.165, 1.54) is 0 Å². The Morgan fingerprint density at radius 3 is 2.65 bits per heavy atom. The molecule has 0 unspecified atom stereocenters. The number of aryl methyl sites for hydroxylation is 1. The van der Waals surface area contributed by atoms with Crippen LogP contribution in [0.25, 0.3) is 0 Å². The SMILES string of the molecule is Cc1nc(NCCC(C)C)cc(Nc2cccc(C(=O)O)c2)n1. The van der Waals surface area contributed by atoms with Crippen molar-refractivity contribution >= 4 is 23.3 Å². The van der Waals surface area contributed by atoms with Crippen molar-refractivity contribution in [3.05, 3.63) is 41.7 Å². The van der Waals surface area contributed by atoms with Crippen molar-refractivity contribution in [3.63, 3.8) is 0 Å². The minimum atomic E-state index is -0.955. The molecule has 6 nitrogen and oxygen atoms in total. The second kappa shape index (κ2) is 7.58. The van der Waals surface area contributed by atoms with Gasteiger partial charge in [-0.15, -0.1) is 0 Å². The Morgan fingerprint density at radius 1 is 1.22 bits per heavy atom. The minimum Gasteiger partial charge on any atom is -0.478 e. The molecule has 0 amide bonds. The number of aromatic nitrogens is 2. The lowest BCUT2D eigenvalue weighted by molar-refractivity contribution is 0.0697. The zero-order valence-corrected chi connectivity index (χ0v) is 13.6. The van der Waals surface area contributed by atoms with Gasteiger partial charge in [-0.05, 0) is 37.5 Å². The molecule has 122 valence electrons. The summed E-state index contributed by atoms with van der Waals surface area (Å²) in [5, 5.41) is 15.5. The molecule has 0 aliphatic rings. The van der Waals surface area contributed by atoms with Crippen molar-refractivity contribution in [3.8, 4) is 0 Å². The van der Waals surface area contributed by atoms with E-state index >= 15 is 0 Å². The van der Waals surface area contributed by atoms with Crippen molar-refractivity contribution in [2.45, 2.75) is 27.2 Å². The molecule has 0 fully saturated rings. The summed E-state index contributed by atoms with van der Waals surface area (Å²) in [7, 11) is 0. The molecule has 0 radical (unpaired) electrons. The molecule has 0 bridgehead atoms. The fourth-order valence-corrected chi connectivity index (χ4v) is 2.09. The van der Waals surface area contributed by atoms with Gasteiger partial charge >= 0.3 is 5.97 Å². The fourth-order valence-electron chi connectivity index (χ4n) is 2.09. The molecule has 6 heteroatoms. The number of benzene rings is 1. The molecular weight excluding hydrogens is 292 g/mol. The van der Waals surface area contributed by atoms with Crippen LogP contribution in [-0.2, 0) is 0 Å². The number of anilines is 3. The Labute approximate surface area is 136 Å². The summed E-state index contributed by atoms with van der Waals surface area (Å²) in [4.78, 5) is 19.7. The van der Waals surface area contributed by atoms with Gasteiger partial charge in [-0.1, -0.05) is 19.9 Å². The number of rotatable bonds is 7. The summed E-state index contributed by atoms with van der Waals surface area (Å²) in [5.41, 5.74) is 0.909. The van der Waals surface area contributed by atoms with E-state index in [9.17, 15) is 4.79 Å². The number of hydrogen-bond donors (Lipinski definition) is 3. The molecule has 0 saturated carbocycles. The van der Waals surface area contributed by atoms with E-state index in [0.717, 1.165) is 18.8 Å². The van der Waals surface area contributed by atoms with Crippen LogP contribution in [0.1, 0.15) is 36.5 Å². The molecule has 0 spiro atoms. The average molecular weight is 314 g/mol. The average Bonchev–Trinajstić information content (AvgIpc) is 2.46. The molecule has 0 atom stereocenters. The van der Waals surface area contributed by atoms with Crippen LogP contribution >= 0.6 is 0 Å². The quantitative estimate of drug-likeness (QED) is 0.722. The molecule has 1 heterocycles. The summed E-state index contributed by atoms with van der Waals surface area (Å²) in [6.45, 7) is 7.03. The van der Waals surface area contributed by atoms with Crippen molar-refractivity contribution in [2.24, 2.45) is 5.92 Å². The van der Waals surface area contributed by atoms with Crippen LogP contribution in [0.2, 0.25) is 0 Å². The fraction of sp³-hybridized carbons (Fsp3) is 0.353. The van der Waals surface area contributed by atoms with E-state index in [4.69, 9.17) is 5.11 Å². The Bertz CT molecular complexity index is 686. The van der Waals surface area contributed by atoms with Gasteiger partial charge in [-0.3, -0.25) is 0 Å². The molecule has 1 aromatic carbocycles. The van der Waals surface area contributed by atoms with Crippen LogP contribution in [-0.4, -0.2) is 27.6 Å². The third kappa shape index (κ3) is 5.25. The standard InChI is InChI=1S/C17H22N4O2/c1-11(2)7-8-18-15-10-16(20-12(3)19-15)21-14-6-4-5-13(9-14)17(22)23/h4-6,9-11H,7-8H2,1-3H3,(H,22,23)(H2,18,19,20,21). The molecule has 2 rings (SSSR count). The predicted molar refractivity (Wildman–Crippen MR) is 91.4 cm³/mol. The van der Waals surface area contributed by atoms with Crippen molar-refractivity contribution in [1.82, 2.24) is 9.97 Å². The lowest BCUT2D eigenvalue weighted by atomic mass is 10.1. The molecule has 0 aliphatic carbocycles. The van der Waals surface area contributed by atoms with Crippen molar-refractivity contribution in [2.75, 3.05) is 17.2 Å². The zero-order chi connectivity index (χ0) is 16.8. The Kier molecular flexibility index (Phi) is 5.51. The molecule has 0 saturated heterocycles. The number of carboxylic acids is 1. The Hall–Kier alpha value is -2.63. The van der Waals surface area contributed by atoms with Crippen LogP contribution in [0.3, 0.4) is 0 Å². The number of carboxylic acid groups (broad SMARTS) is 1. The zero-order valence-electron chi connectivity index (χ0n) is 13.6. The van der Waals surface area contributed by atoms with Crippen LogP contribution < -0.4 is 10.6 Å². The predicted octanol–water partition coefficient (Wildman–Crippen LogP) is 3.68. The monoisotopic (exact) mass is 314 g/mol. The van der Waals surface area contributed by atoms with Gasteiger partial charge in [0.05, 0.1) is 5.56 Å². The van der Waals surface area contributed by atoms with E-state index in [0.29, 0.717) is 23.2 Å². The number of nitrogens with one attached hydrogen (secondary N) is 2. The Morgan fingerprint density at radius 2 is 1.96 bits per heavy atom. The molecule has 0 aliphatic heterocycles. The third-order valence-electron chi connectivity index (χ3n) is 3.25. The van der Waals surface area contributed by atoms with Gasteiger partial charge in [-0.2, -0.15) is 0 Å². The van der Waals surface area contributed by atoms with Gasteiger partial charge in [0.25, 0.3) is 0 Å². The maximum absolute atomic E-state index is 11.0. The first-order chi connectivity index (χ1) is 10.9. The molecule has 1 aromatic heterocycles. The summed E-state index contributed by atoms with van der Waals surface area (Å²) >= 11 is 0. The molecule has 2 aromatic rings. The number of hydrogen-bond acceptors (Lipinski definition) is 5. The number of carbonyl (C=O) groups is 1. The highest BCUT2D eigenvalue weighted by atomic mass is 16.4. The second-order valence-electron chi connectivity index (χ2n) is 5.81. The number of nitrogens with zero attached hydrogens (tertiary/aromatic N) is 2. The maximum Gasteiger partial charge on any atom is 0.335 e. The third-order valence-corrected chi connectivity index (χ3v) is 3.25. The smallest absolute Gasteiger partial charge is 0.335 e. The van der Waals surface area contributed by atoms with Crippen LogP contribution in [0.15, 0.2) is 30.3 Å². The van der Waals surface area contributed by atoms with Gasteiger partial charge in [-0.25, -0.2) is 14.8 Å². The van der Waals surface area contributed by atoms with E-state index < -0.39 is 5.97 Å². The normalized spacial score (nSPS) is 10.6. The molecular formula is C17H22N4O2. The van der Waals surface area contributed by atoms with E-state index in [1.54, 1.807) is 24.3 Å². The lowest BCUT2D eigenvalue weighted by Crippen LogP contribution is -2.08. The molecule has 3 N–H and O–H groups in total. The summed E-state index contributed by atoms with van der Waals surface area (Å²) in [6, 6.07) is 8.45. The van der Waals surface area contributed by atoms with Crippen LogP contribution in [0.5, 0.6) is 0 Å². The minimum absolute atomic E-state index is 0.232. The highest BCUT2D eigenvalue weighted by Crippen LogP contribution is 2.19. The van der Waals surface area contributed by atoms with E-state index in [-0.39, 0.29) is 5.56 Å². The van der Waals surface area contributed by atoms with Gasteiger partial charge in [0, 0.05) is 18.3 Å². The van der Waals surface area contributed by atoms with E-state index in [1.807, 2.05) is 13.0 Å². The van der Waals surface area contributed by atoms with Crippen LogP contribution in [0.4, 0.5) is 17.3 Å². The highest BCUT2D eigenvalue weighted by molar-refractivity contribution is 5.89. The Balaban J connectivity index is 2.12. The van der Waals surface area contributed by atoms with E-state index in [2.05, 4.69) is 34.4 Å². The summed E-state index contributed by atoms with van der Waals surface area (Å²) in [6.07, 6.45) is 1.06. The van der Waals surface area contributed by atoms with Crippen molar-refractivity contribution in [1.29, 1.82) is 0 Å². The topological polar surface area (TPSA) is 87.1 Å². The van der Waals surface area contributed by atoms with Gasteiger partial charge in [0.1, 0.15) is 17.5 Å². The first-order valence-corrected chi connectivity index (χ1v) is 7.64. The highest BCUT2D eigenvalue weighted by Gasteiger charge is 2.06. The van der Waals surface area contributed by atoms with Crippen molar-refractivity contribution < 1.29 is 9.90 Å². The summed E-state index contributed by atoms with van der Waals surface area (Å²) < 4.78 is 0. The molecule has 23 heavy (non-hydrogen) atoms. The number of aromatic carboxylic acids is 1. The second-order valence-corrected chi connectivity index (χ2v) is 5.81. The van der Waals surface area contributed by atoms with Gasteiger partial charge in [0.15, 0.2) is 0 Å². The van der Waals surface area contributed by atoms with Gasteiger partial charge in [0.2, 0.25) is 0 Å². The summed E-state index contributed by atoms with van der Waals surface area (Å²) in [5.74, 6) is 1.71. The first kappa shape index (κ1) is 16.7. The first-order valence-electron chi connectivity index (χ1n) is 7.64.